The average molecular weight is 256 g/mol. The molecule has 1 rings (SSSR count). The fourth-order valence-electron chi connectivity index (χ4n) is 2.28. The van der Waals surface area contributed by atoms with Gasteiger partial charge in [0.2, 0.25) is 5.91 Å². The van der Waals surface area contributed by atoms with E-state index in [9.17, 15) is 4.79 Å². The highest BCUT2D eigenvalue weighted by Crippen LogP contribution is 2.15. The van der Waals surface area contributed by atoms with E-state index in [4.69, 9.17) is 4.74 Å². The lowest BCUT2D eigenvalue weighted by Crippen LogP contribution is -2.46. The topological polar surface area (TPSA) is 50.4 Å². The molecule has 1 aliphatic heterocycles. The zero-order valence-corrected chi connectivity index (χ0v) is 12.2. The van der Waals surface area contributed by atoms with Crippen molar-refractivity contribution in [2.75, 3.05) is 19.8 Å². The molecular formula is C14H28N2O2. The van der Waals surface area contributed by atoms with Crippen LogP contribution in [0, 0.1) is 11.8 Å². The Kier molecular flexibility index (Phi) is 6.65. The van der Waals surface area contributed by atoms with Gasteiger partial charge in [-0.1, -0.05) is 20.8 Å². The average Bonchev–Trinajstić information content (AvgIpc) is 2.75. The summed E-state index contributed by atoms with van der Waals surface area (Å²) in [6.45, 7) is 10.6. The molecule has 0 spiro atoms. The minimum atomic E-state index is -0.0357. The molecule has 18 heavy (non-hydrogen) atoms. The van der Waals surface area contributed by atoms with E-state index in [-0.39, 0.29) is 23.9 Å². The molecule has 0 aliphatic carbocycles. The molecule has 0 bridgehead atoms. The number of nitrogens with one attached hydrogen (secondary N) is 2. The number of likely N-dealkylation sites (N-methyl/N-ethyl adjacent to an activating group) is 1. The Labute approximate surface area is 111 Å². The van der Waals surface area contributed by atoms with E-state index in [2.05, 4.69) is 38.3 Å². The molecule has 3 unspecified atom stereocenters. The summed E-state index contributed by atoms with van der Waals surface area (Å²) in [5.74, 6) is 0.787. The molecule has 0 saturated carbocycles. The van der Waals surface area contributed by atoms with Crippen LogP contribution < -0.4 is 10.6 Å². The molecule has 4 nitrogen and oxygen atoms in total. The van der Waals surface area contributed by atoms with Gasteiger partial charge in [-0.25, -0.2) is 0 Å². The number of carbonyl (C=O) groups excluding carboxylic acids is 1. The Morgan fingerprint density at radius 2 is 2.00 bits per heavy atom. The molecule has 1 saturated heterocycles. The van der Waals surface area contributed by atoms with Crippen molar-refractivity contribution in [2.45, 2.75) is 52.6 Å². The predicted molar refractivity (Wildman–Crippen MR) is 73.5 cm³/mol. The van der Waals surface area contributed by atoms with Crippen molar-refractivity contribution in [1.82, 2.24) is 10.6 Å². The first kappa shape index (κ1) is 15.4. The molecule has 3 atom stereocenters. The van der Waals surface area contributed by atoms with Crippen LogP contribution in [0.3, 0.4) is 0 Å². The van der Waals surface area contributed by atoms with Gasteiger partial charge in [0.1, 0.15) is 0 Å². The second-order valence-corrected chi connectivity index (χ2v) is 5.69. The molecule has 1 amide bonds. The van der Waals surface area contributed by atoms with Crippen LogP contribution in [0.5, 0.6) is 0 Å². The minimum absolute atomic E-state index is 0.0357. The van der Waals surface area contributed by atoms with Crippen molar-refractivity contribution in [3.63, 3.8) is 0 Å². The molecule has 106 valence electrons. The maximum Gasteiger partial charge on any atom is 0.227 e. The minimum Gasteiger partial charge on any atom is -0.379 e. The van der Waals surface area contributed by atoms with E-state index >= 15 is 0 Å². The van der Waals surface area contributed by atoms with Gasteiger partial charge in [0, 0.05) is 12.1 Å². The number of carbonyl (C=O) groups is 1. The highest BCUT2D eigenvalue weighted by Gasteiger charge is 2.33. The Hall–Kier alpha value is -0.610. The van der Waals surface area contributed by atoms with Gasteiger partial charge in [-0.2, -0.15) is 0 Å². The van der Waals surface area contributed by atoms with E-state index in [1.165, 1.54) is 0 Å². The van der Waals surface area contributed by atoms with Gasteiger partial charge in [0.05, 0.1) is 19.1 Å². The van der Waals surface area contributed by atoms with Crippen LogP contribution in [0.15, 0.2) is 0 Å². The lowest BCUT2D eigenvalue weighted by atomic mass is 10.0. The fourth-order valence-corrected chi connectivity index (χ4v) is 2.28. The van der Waals surface area contributed by atoms with Crippen LogP contribution in [0.4, 0.5) is 0 Å². The molecule has 1 aliphatic rings. The summed E-state index contributed by atoms with van der Waals surface area (Å²) in [6.07, 6.45) is 2.20. The lowest BCUT2D eigenvalue weighted by Gasteiger charge is -2.21. The summed E-state index contributed by atoms with van der Waals surface area (Å²) in [6, 6.07) is 0.426. The Balaban J connectivity index is 2.34. The second-order valence-electron chi connectivity index (χ2n) is 5.69. The smallest absolute Gasteiger partial charge is 0.227 e. The third-order valence-electron chi connectivity index (χ3n) is 3.45. The molecular weight excluding hydrogens is 228 g/mol. The number of amides is 1. The number of hydrogen-bond acceptors (Lipinski definition) is 3. The van der Waals surface area contributed by atoms with Gasteiger partial charge in [0.25, 0.3) is 0 Å². The summed E-state index contributed by atoms with van der Waals surface area (Å²) in [5, 5.41) is 6.42. The van der Waals surface area contributed by atoms with Crippen molar-refractivity contribution in [3.8, 4) is 0 Å². The number of ether oxygens (including phenoxy) is 1. The van der Waals surface area contributed by atoms with Gasteiger partial charge in [-0.05, 0) is 32.2 Å². The van der Waals surface area contributed by atoms with E-state index in [1.54, 1.807) is 0 Å². The monoisotopic (exact) mass is 256 g/mol. The molecule has 0 radical (unpaired) electrons. The highest BCUT2D eigenvalue weighted by molar-refractivity contribution is 5.80. The van der Waals surface area contributed by atoms with Crippen LogP contribution in [0.1, 0.15) is 40.5 Å². The first-order chi connectivity index (χ1) is 8.54. The second kappa shape index (κ2) is 7.74. The fraction of sp³-hybridized carbons (Fsp3) is 0.929. The van der Waals surface area contributed by atoms with Crippen LogP contribution in [-0.2, 0) is 9.53 Å². The van der Waals surface area contributed by atoms with Crippen LogP contribution in [0.25, 0.3) is 0 Å². The summed E-state index contributed by atoms with van der Waals surface area (Å²) in [5.41, 5.74) is 0. The van der Waals surface area contributed by atoms with E-state index in [0.29, 0.717) is 19.1 Å². The Bertz CT molecular complexity index is 256. The first-order valence-electron chi connectivity index (χ1n) is 7.16. The zero-order valence-electron chi connectivity index (χ0n) is 12.2. The van der Waals surface area contributed by atoms with Crippen LogP contribution >= 0.6 is 0 Å². The van der Waals surface area contributed by atoms with Gasteiger partial charge in [0.15, 0.2) is 0 Å². The number of rotatable bonds is 7. The van der Waals surface area contributed by atoms with Gasteiger partial charge < -0.3 is 15.4 Å². The maximum atomic E-state index is 12.2. The molecule has 0 aromatic rings. The molecule has 0 aromatic heterocycles. The Morgan fingerprint density at radius 3 is 2.61 bits per heavy atom. The highest BCUT2D eigenvalue weighted by atomic mass is 16.5. The van der Waals surface area contributed by atoms with Gasteiger partial charge >= 0.3 is 0 Å². The standard InChI is InChI=1S/C14H28N2O2/c1-5-15-13-9-18-8-12(13)14(17)16-11(4)7-6-10(2)3/h10-13,15H,5-9H2,1-4H3,(H,16,17). The maximum absolute atomic E-state index is 12.2. The van der Waals surface area contributed by atoms with Gasteiger partial charge in [-0.15, -0.1) is 0 Å². The normalized spacial score (nSPS) is 25.4. The van der Waals surface area contributed by atoms with E-state index < -0.39 is 0 Å². The number of hydrogen-bond donors (Lipinski definition) is 2. The molecule has 1 heterocycles. The van der Waals surface area contributed by atoms with Gasteiger partial charge in [-0.3, -0.25) is 4.79 Å². The molecule has 1 fully saturated rings. The third kappa shape index (κ3) is 4.94. The lowest BCUT2D eigenvalue weighted by molar-refractivity contribution is -0.126. The molecule has 2 N–H and O–H groups in total. The SMILES string of the molecule is CCNC1COCC1C(=O)NC(C)CCC(C)C. The van der Waals surface area contributed by atoms with E-state index in [0.717, 1.165) is 19.4 Å². The van der Waals surface area contributed by atoms with Crippen LogP contribution in [-0.4, -0.2) is 37.7 Å². The molecule has 4 heteroatoms. The largest absolute Gasteiger partial charge is 0.379 e. The summed E-state index contributed by atoms with van der Waals surface area (Å²) in [7, 11) is 0. The van der Waals surface area contributed by atoms with Crippen molar-refractivity contribution >= 4 is 5.91 Å². The van der Waals surface area contributed by atoms with Crippen molar-refractivity contribution in [1.29, 1.82) is 0 Å². The first-order valence-corrected chi connectivity index (χ1v) is 7.16. The molecule has 0 aromatic carbocycles. The summed E-state index contributed by atoms with van der Waals surface area (Å²) in [4.78, 5) is 12.2. The zero-order chi connectivity index (χ0) is 13.5. The van der Waals surface area contributed by atoms with Crippen molar-refractivity contribution in [3.05, 3.63) is 0 Å². The summed E-state index contributed by atoms with van der Waals surface area (Å²) >= 11 is 0. The van der Waals surface area contributed by atoms with Crippen LogP contribution in [0.2, 0.25) is 0 Å². The van der Waals surface area contributed by atoms with Crippen molar-refractivity contribution in [2.24, 2.45) is 11.8 Å². The quantitative estimate of drug-likeness (QED) is 0.726. The third-order valence-corrected chi connectivity index (χ3v) is 3.45. The summed E-state index contributed by atoms with van der Waals surface area (Å²) < 4.78 is 5.40. The Morgan fingerprint density at radius 1 is 1.28 bits per heavy atom. The van der Waals surface area contributed by atoms with Crippen molar-refractivity contribution < 1.29 is 9.53 Å². The predicted octanol–water partition coefficient (Wildman–Crippen LogP) is 1.55. The van der Waals surface area contributed by atoms with E-state index in [1.807, 2.05) is 0 Å².